The lowest BCUT2D eigenvalue weighted by Gasteiger charge is -2.23. The van der Waals surface area contributed by atoms with Crippen LogP contribution >= 0.6 is 0 Å². The molecule has 19 heavy (non-hydrogen) atoms. The van der Waals surface area contributed by atoms with Gasteiger partial charge in [0.15, 0.2) is 0 Å². The molecule has 0 fully saturated rings. The highest BCUT2D eigenvalue weighted by Gasteiger charge is 2.15. The van der Waals surface area contributed by atoms with E-state index in [1.807, 2.05) is 63.2 Å². The number of anilines is 1. The third-order valence-corrected chi connectivity index (χ3v) is 3.18. The SMILES string of the molecule is CCC(C)(C)NC(=O)/C=C/c1ccc(N(C)C)cc1. The van der Waals surface area contributed by atoms with Gasteiger partial charge in [-0.15, -0.1) is 0 Å². The molecule has 3 heteroatoms. The normalized spacial score (nSPS) is 11.6. The van der Waals surface area contributed by atoms with Crippen molar-refractivity contribution in [1.29, 1.82) is 0 Å². The number of amides is 1. The second-order valence-electron chi connectivity index (χ2n) is 5.55. The van der Waals surface area contributed by atoms with Gasteiger partial charge < -0.3 is 10.2 Å². The second-order valence-corrected chi connectivity index (χ2v) is 5.55. The van der Waals surface area contributed by atoms with E-state index in [1.165, 1.54) is 0 Å². The van der Waals surface area contributed by atoms with Gasteiger partial charge in [0.05, 0.1) is 0 Å². The topological polar surface area (TPSA) is 32.3 Å². The largest absolute Gasteiger partial charge is 0.378 e. The van der Waals surface area contributed by atoms with Gasteiger partial charge >= 0.3 is 0 Å². The lowest BCUT2D eigenvalue weighted by atomic mass is 10.0. The third-order valence-electron chi connectivity index (χ3n) is 3.18. The molecule has 3 nitrogen and oxygen atoms in total. The Morgan fingerprint density at radius 2 is 1.84 bits per heavy atom. The Morgan fingerprint density at radius 3 is 2.32 bits per heavy atom. The Kier molecular flexibility index (Phi) is 5.16. The number of hydrogen-bond acceptors (Lipinski definition) is 2. The van der Waals surface area contributed by atoms with Crippen LogP contribution < -0.4 is 10.2 Å². The first-order chi connectivity index (χ1) is 8.84. The zero-order valence-corrected chi connectivity index (χ0v) is 12.5. The average molecular weight is 260 g/mol. The van der Waals surface area contributed by atoms with Crippen molar-refractivity contribution < 1.29 is 4.79 Å². The smallest absolute Gasteiger partial charge is 0.244 e. The van der Waals surface area contributed by atoms with E-state index < -0.39 is 0 Å². The zero-order chi connectivity index (χ0) is 14.5. The highest BCUT2D eigenvalue weighted by molar-refractivity contribution is 5.92. The Labute approximate surface area is 116 Å². The van der Waals surface area contributed by atoms with Crippen molar-refractivity contribution in [1.82, 2.24) is 5.32 Å². The van der Waals surface area contributed by atoms with Gasteiger partial charge in [-0.25, -0.2) is 0 Å². The number of nitrogens with zero attached hydrogens (tertiary/aromatic N) is 1. The molecular weight excluding hydrogens is 236 g/mol. The van der Waals surface area contributed by atoms with Gasteiger partial charge in [0.1, 0.15) is 0 Å². The maximum absolute atomic E-state index is 11.8. The molecule has 0 radical (unpaired) electrons. The van der Waals surface area contributed by atoms with Crippen molar-refractivity contribution in [2.75, 3.05) is 19.0 Å². The molecule has 0 heterocycles. The van der Waals surface area contributed by atoms with Crippen LogP contribution in [0.3, 0.4) is 0 Å². The maximum Gasteiger partial charge on any atom is 0.244 e. The molecule has 0 unspecified atom stereocenters. The monoisotopic (exact) mass is 260 g/mol. The lowest BCUT2D eigenvalue weighted by molar-refractivity contribution is -0.117. The highest BCUT2D eigenvalue weighted by Crippen LogP contribution is 2.13. The van der Waals surface area contributed by atoms with Gasteiger partial charge in [0.25, 0.3) is 0 Å². The summed E-state index contributed by atoms with van der Waals surface area (Å²) in [6.45, 7) is 6.10. The van der Waals surface area contributed by atoms with Crippen molar-refractivity contribution in [3.05, 3.63) is 35.9 Å². The molecule has 0 spiro atoms. The van der Waals surface area contributed by atoms with Gasteiger partial charge in [0, 0.05) is 31.4 Å². The van der Waals surface area contributed by atoms with Crippen LogP contribution in [0.15, 0.2) is 30.3 Å². The molecule has 0 atom stereocenters. The summed E-state index contributed by atoms with van der Waals surface area (Å²) in [6.07, 6.45) is 4.33. The van der Waals surface area contributed by atoms with Crippen LogP contribution in [0.4, 0.5) is 5.69 Å². The molecule has 1 aromatic rings. The van der Waals surface area contributed by atoms with E-state index >= 15 is 0 Å². The van der Waals surface area contributed by atoms with E-state index in [9.17, 15) is 4.79 Å². The number of hydrogen-bond donors (Lipinski definition) is 1. The van der Waals surface area contributed by atoms with Crippen LogP contribution in [-0.2, 0) is 4.79 Å². The van der Waals surface area contributed by atoms with Crippen LogP contribution in [0.25, 0.3) is 6.08 Å². The summed E-state index contributed by atoms with van der Waals surface area (Å²) in [5.41, 5.74) is 2.01. The van der Waals surface area contributed by atoms with Crippen LogP contribution in [0, 0.1) is 0 Å². The van der Waals surface area contributed by atoms with Gasteiger partial charge in [0.2, 0.25) is 5.91 Å². The molecule has 0 bridgehead atoms. The minimum Gasteiger partial charge on any atom is -0.378 e. The molecule has 0 aliphatic carbocycles. The molecule has 0 aliphatic heterocycles. The Hall–Kier alpha value is -1.77. The molecule has 104 valence electrons. The average Bonchev–Trinajstić information content (AvgIpc) is 2.36. The van der Waals surface area contributed by atoms with Crippen LogP contribution in [0.5, 0.6) is 0 Å². The van der Waals surface area contributed by atoms with Crippen LogP contribution in [0.1, 0.15) is 32.8 Å². The van der Waals surface area contributed by atoms with E-state index in [4.69, 9.17) is 0 Å². The standard InChI is InChI=1S/C16H24N2O/c1-6-16(2,3)17-15(19)12-9-13-7-10-14(11-8-13)18(4)5/h7-12H,6H2,1-5H3,(H,17,19)/b12-9+. The number of nitrogens with one attached hydrogen (secondary N) is 1. The minimum absolute atomic E-state index is 0.0523. The van der Waals surface area contributed by atoms with Crippen molar-refractivity contribution >= 4 is 17.7 Å². The van der Waals surface area contributed by atoms with E-state index in [-0.39, 0.29) is 11.4 Å². The quantitative estimate of drug-likeness (QED) is 0.825. The van der Waals surface area contributed by atoms with E-state index in [1.54, 1.807) is 6.08 Å². The Bertz CT molecular complexity index is 444. The third kappa shape index (κ3) is 5.16. The summed E-state index contributed by atoms with van der Waals surface area (Å²) in [7, 11) is 4.01. The number of carbonyl (C=O) groups is 1. The number of rotatable bonds is 5. The summed E-state index contributed by atoms with van der Waals surface area (Å²) >= 11 is 0. The van der Waals surface area contributed by atoms with Gasteiger partial charge in [-0.05, 0) is 44.0 Å². The summed E-state index contributed by atoms with van der Waals surface area (Å²) in [5, 5.41) is 2.97. The highest BCUT2D eigenvalue weighted by atomic mass is 16.1. The van der Waals surface area contributed by atoms with Crippen molar-refractivity contribution in [2.45, 2.75) is 32.7 Å². The minimum atomic E-state index is -0.157. The van der Waals surface area contributed by atoms with Crippen LogP contribution in [0.2, 0.25) is 0 Å². The van der Waals surface area contributed by atoms with Crippen molar-refractivity contribution in [3.8, 4) is 0 Å². The van der Waals surface area contributed by atoms with Gasteiger partial charge in [-0.2, -0.15) is 0 Å². The Balaban J connectivity index is 2.64. The molecule has 1 amide bonds. The summed E-state index contributed by atoms with van der Waals surface area (Å²) in [6, 6.07) is 8.08. The van der Waals surface area contributed by atoms with E-state index in [0.717, 1.165) is 17.7 Å². The molecule has 0 saturated carbocycles. The lowest BCUT2D eigenvalue weighted by Crippen LogP contribution is -2.41. The first kappa shape index (κ1) is 15.3. The zero-order valence-electron chi connectivity index (χ0n) is 12.5. The van der Waals surface area contributed by atoms with Crippen molar-refractivity contribution in [2.24, 2.45) is 0 Å². The Morgan fingerprint density at radius 1 is 1.26 bits per heavy atom. The molecule has 1 aromatic carbocycles. The summed E-state index contributed by atoms with van der Waals surface area (Å²) < 4.78 is 0. The second kappa shape index (κ2) is 6.41. The maximum atomic E-state index is 11.8. The first-order valence-electron chi connectivity index (χ1n) is 6.61. The van der Waals surface area contributed by atoms with E-state index in [2.05, 4.69) is 12.2 Å². The van der Waals surface area contributed by atoms with Gasteiger partial charge in [-0.3, -0.25) is 4.79 Å². The predicted octanol–water partition coefficient (Wildman–Crippen LogP) is 3.07. The summed E-state index contributed by atoms with van der Waals surface area (Å²) in [5.74, 6) is -0.0523. The molecule has 1 N–H and O–H groups in total. The molecule has 1 rings (SSSR count). The molecular formula is C16H24N2O. The fourth-order valence-electron chi connectivity index (χ4n) is 1.52. The first-order valence-corrected chi connectivity index (χ1v) is 6.61. The molecule has 0 aromatic heterocycles. The fraction of sp³-hybridized carbons (Fsp3) is 0.438. The number of carbonyl (C=O) groups excluding carboxylic acids is 1. The van der Waals surface area contributed by atoms with Gasteiger partial charge in [-0.1, -0.05) is 19.1 Å². The summed E-state index contributed by atoms with van der Waals surface area (Å²) in [4.78, 5) is 13.8. The van der Waals surface area contributed by atoms with Crippen molar-refractivity contribution in [3.63, 3.8) is 0 Å². The van der Waals surface area contributed by atoms with Crippen LogP contribution in [-0.4, -0.2) is 25.5 Å². The fourth-order valence-corrected chi connectivity index (χ4v) is 1.52. The number of benzene rings is 1. The molecule has 0 aliphatic rings. The molecule has 0 saturated heterocycles. The van der Waals surface area contributed by atoms with E-state index in [0.29, 0.717) is 0 Å². The predicted molar refractivity (Wildman–Crippen MR) is 82.3 cm³/mol.